The molecule has 3 aliphatic carbocycles. The molecule has 3 saturated carbocycles. The molecule has 0 N–H and O–H groups in total. The van der Waals surface area contributed by atoms with Crippen LogP contribution in [-0.4, -0.2) is 0 Å². The molecule has 2 unspecified atom stereocenters. The lowest BCUT2D eigenvalue weighted by molar-refractivity contribution is 0.203. The zero-order valence-corrected chi connectivity index (χ0v) is 9.54. The van der Waals surface area contributed by atoms with Crippen molar-refractivity contribution in [2.24, 2.45) is 29.6 Å². The minimum absolute atomic E-state index is 1.15. The molecule has 3 rings (SSSR count). The minimum Gasteiger partial charge on any atom is -0.0654 e. The third-order valence-corrected chi connectivity index (χ3v) is 5.50. The Labute approximate surface area is 88.5 Å². The van der Waals surface area contributed by atoms with E-state index >= 15 is 0 Å². The monoisotopic (exact) mass is 192 g/mol. The molecule has 0 saturated heterocycles. The average molecular weight is 192 g/mol. The van der Waals surface area contributed by atoms with Gasteiger partial charge in [0.1, 0.15) is 0 Å². The molecule has 14 heavy (non-hydrogen) atoms. The van der Waals surface area contributed by atoms with Crippen LogP contribution in [0.15, 0.2) is 0 Å². The van der Waals surface area contributed by atoms with Crippen molar-refractivity contribution in [1.82, 2.24) is 0 Å². The van der Waals surface area contributed by atoms with Gasteiger partial charge in [0.15, 0.2) is 0 Å². The Morgan fingerprint density at radius 3 is 2.71 bits per heavy atom. The van der Waals surface area contributed by atoms with Crippen molar-refractivity contribution in [3.8, 4) is 0 Å². The van der Waals surface area contributed by atoms with Gasteiger partial charge < -0.3 is 0 Å². The van der Waals surface area contributed by atoms with Crippen molar-refractivity contribution in [2.45, 2.75) is 58.3 Å². The summed E-state index contributed by atoms with van der Waals surface area (Å²) in [5.41, 5.74) is 0. The van der Waals surface area contributed by atoms with Gasteiger partial charge in [-0.3, -0.25) is 0 Å². The van der Waals surface area contributed by atoms with E-state index in [1.807, 2.05) is 0 Å². The summed E-state index contributed by atoms with van der Waals surface area (Å²) in [5.74, 6) is 5.89. The van der Waals surface area contributed by atoms with Gasteiger partial charge in [0.25, 0.3) is 0 Å². The van der Waals surface area contributed by atoms with Crippen molar-refractivity contribution in [3.05, 3.63) is 0 Å². The van der Waals surface area contributed by atoms with Crippen LogP contribution in [0.4, 0.5) is 0 Å². The number of unbranched alkanes of at least 4 members (excludes halogenated alkanes) is 1. The first-order valence-corrected chi connectivity index (χ1v) is 6.90. The number of hydrogen-bond donors (Lipinski definition) is 0. The first-order chi connectivity index (χ1) is 6.90. The van der Waals surface area contributed by atoms with E-state index in [1.54, 1.807) is 38.5 Å². The highest BCUT2D eigenvalue weighted by atomic mass is 14.6. The maximum atomic E-state index is 2.34. The summed E-state index contributed by atoms with van der Waals surface area (Å²) >= 11 is 0. The lowest BCUT2D eigenvalue weighted by atomic mass is 9.76. The second kappa shape index (κ2) is 3.54. The van der Waals surface area contributed by atoms with Crippen LogP contribution in [-0.2, 0) is 0 Å². The molecule has 3 fully saturated rings. The number of hydrogen-bond acceptors (Lipinski definition) is 0. The Morgan fingerprint density at radius 2 is 1.86 bits per heavy atom. The first-order valence-electron chi connectivity index (χ1n) is 6.90. The fourth-order valence-corrected chi connectivity index (χ4v) is 5.02. The molecule has 0 heterocycles. The van der Waals surface area contributed by atoms with Gasteiger partial charge in [-0.15, -0.1) is 0 Å². The lowest BCUT2D eigenvalue weighted by Gasteiger charge is -2.29. The standard InChI is InChI=1S/C14H24/c1-2-3-4-10-7-8-13-11-5-6-12(9-11)14(10)13/h10-14H,2-9H2,1H3/t10-,11?,12-,13?,14-/m1/s1. The summed E-state index contributed by atoms with van der Waals surface area (Å²) < 4.78 is 0. The van der Waals surface area contributed by atoms with Crippen LogP contribution in [0.5, 0.6) is 0 Å². The van der Waals surface area contributed by atoms with Crippen LogP contribution in [0.25, 0.3) is 0 Å². The Bertz CT molecular complexity index is 208. The van der Waals surface area contributed by atoms with E-state index in [0.717, 1.165) is 5.92 Å². The van der Waals surface area contributed by atoms with Gasteiger partial charge in [0.2, 0.25) is 0 Å². The molecule has 0 spiro atoms. The molecule has 3 aliphatic rings. The average Bonchev–Trinajstić information content (AvgIpc) is 2.87. The SMILES string of the molecule is CCCC[C@@H]1CCC2C3CC[C@H](C3)[C@H]21. The van der Waals surface area contributed by atoms with Crippen molar-refractivity contribution in [3.63, 3.8) is 0 Å². The van der Waals surface area contributed by atoms with Crippen LogP contribution < -0.4 is 0 Å². The molecule has 0 amide bonds. The van der Waals surface area contributed by atoms with Gasteiger partial charge in [-0.25, -0.2) is 0 Å². The normalized spacial score (nSPS) is 49.9. The van der Waals surface area contributed by atoms with Gasteiger partial charge in [-0.05, 0) is 61.7 Å². The fourth-order valence-electron chi connectivity index (χ4n) is 5.02. The Morgan fingerprint density at radius 1 is 1.00 bits per heavy atom. The highest BCUT2D eigenvalue weighted by Crippen LogP contribution is 2.61. The van der Waals surface area contributed by atoms with Crippen LogP contribution in [0.2, 0.25) is 0 Å². The molecule has 0 radical (unpaired) electrons. The van der Waals surface area contributed by atoms with Crippen LogP contribution >= 0.6 is 0 Å². The van der Waals surface area contributed by atoms with Gasteiger partial charge in [0, 0.05) is 0 Å². The fraction of sp³-hybridized carbons (Fsp3) is 1.00. The van der Waals surface area contributed by atoms with Crippen molar-refractivity contribution in [1.29, 1.82) is 0 Å². The third kappa shape index (κ3) is 1.26. The molecule has 80 valence electrons. The molecule has 0 aromatic rings. The van der Waals surface area contributed by atoms with E-state index in [4.69, 9.17) is 0 Å². The topological polar surface area (TPSA) is 0 Å². The summed E-state index contributed by atoms with van der Waals surface area (Å²) in [6.45, 7) is 2.34. The zero-order chi connectivity index (χ0) is 9.54. The highest BCUT2D eigenvalue weighted by molar-refractivity contribution is 5.02. The van der Waals surface area contributed by atoms with E-state index in [1.165, 1.54) is 36.5 Å². The summed E-state index contributed by atoms with van der Waals surface area (Å²) in [4.78, 5) is 0. The van der Waals surface area contributed by atoms with Crippen LogP contribution in [0, 0.1) is 29.6 Å². The van der Waals surface area contributed by atoms with Gasteiger partial charge >= 0.3 is 0 Å². The molecule has 2 bridgehead atoms. The molecule has 0 nitrogen and oxygen atoms in total. The van der Waals surface area contributed by atoms with E-state index in [9.17, 15) is 0 Å². The smallest absolute Gasteiger partial charge is 0.0326 e. The Balaban J connectivity index is 1.67. The first kappa shape index (κ1) is 9.24. The predicted molar refractivity (Wildman–Crippen MR) is 60.1 cm³/mol. The Kier molecular flexibility index (Phi) is 2.34. The van der Waals surface area contributed by atoms with Crippen molar-refractivity contribution in [2.75, 3.05) is 0 Å². The second-order valence-corrected chi connectivity index (χ2v) is 6.05. The molecule has 5 atom stereocenters. The van der Waals surface area contributed by atoms with E-state index in [-0.39, 0.29) is 0 Å². The molecule has 0 heteroatoms. The molecule has 0 aromatic carbocycles. The summed E-state index contributed by atoms with van der Waals surface area (Å²) in [5, 5.41) is 0. The van der Waals surface area contributed by atoms with E-state index in [0.29, 0.717) is 0 Å². The Hall–Kier alpha value is 0. The lowest BCUT2D eigenvalue weighted by Crippen LogP contribution is -2.22. The van der Waals surface area contributed by atoms with E-state index < -0.39 is 0 Å². The van der Waals surface area contributed by atoms with Gasteiger partial charge in [-0.2, -0.15) is 0 Å². The summed E-state index contributed by atoms with van der Waals surface area (Å²) in [6.07, 6.45) is 12.4. The summed E-state index contributed by atoms with van der Waals surface area (Å²) in [7, 11) is 0. The highest BCUT2D eigenvalue weighted by Gasteiger charge is 2.52. The maximum absolute atomic E-state index is 2.34. The van der Waals surface area contributed by atoms with Crippen molar-refractivity contribution < 1.29 is 0 Å². The van der Waals surface area contributed by atoms with Crippen molar-refractivity contribution >= 4 is 0 Å². The maximum Gasteiger partial charge on any atom is -0.0326 e. The van der Waals surface area contributed by atoms with Crippen LogP contribution in [0.1, 0.15) is 58.3 Å². The molecule has 0 aromatic heterocycles. The predicted octanol–water partition coefficient (Wildman–Crippen LogP) is 4.25. The van der Waals surface area contributed by atoms with Gasteiger partial charge in [-0.1, -0.05) is 26.2 Å². The molecular formula is C14H24. The van der Waals surface area contributed by atoms with E-state index in [2.05, 4.69) is 6.92 Å². The number of rotatable bonds is 3. The van der Waals surface area contributed by atoms with Crippen LogP contribution in [0.3, 0.4) is 0 Å². The number of fused-ring (bicyclic) bond motifs is 5. The largest absolute Gasteiger partial charge is 0.0654 e. The zero-order valence-electron chi connectivity index (χ0n) is 9.54. The minimum atomic E-state index is 1.15. The second-order valence-electron chi connectivity index (χ2n) is 6.05. The third-order valence-electron chi connectivity index (χ3n) is 5.50. The quantitative estimate of drug-likeness (QED) is 0.627. The molecular weight excluding hydrogens is 168 g/mol. The molecule has 0 aliphatic heterocycles. The van der Waals surface area contributed by atoms with Gasteiger partial charge in [0.05, 0.1) is 0 Å². The summed E-state index contributed by atoms with van der Waals surface area (Å²) in [6, 6.07) is 0.